The Kier molecular flexibility index (Phi) is 4.72. The van der Waals surface area contributed by atoms with Crippen LogP contribution in [0.4, 0.5) is 0 Å². The Bertz CT molecular complexity index is 624. The zero-order valence-electron chi connectivity index (χ0n) is 11.7. The Balaban J connectivity index is 2.24. The molecular formula is C13H19NO5S2. The van der Waals surface area contributed by atoms with E-state index >= 15 is 0 Å². The molecule has 118 valence electrons. The second kappa shape index (κ2) is 6.04. The maximum absolute atomic E-state index is 12.4. The van der Waals surface area contributed by atoms with E-state index in [4.69, 9.17) is 5.11 Å². The largest absolute Gasteiger partial charge is 0.477 e. The van der Waals surface area contributed by atoms with E-state index in [2.05, 4.69) is 4.72 Å². The molecule has 1 aromatic rings. The van der Waals surface area contributed by atoms with Gasteiger partial charge in [0.25, 0.3) is 0 Å². The summed E-state index contributed by atoms with van der Waals surface area (Å²) in [6.07, 6.45) is 3.04. The number of nitrogens with one attached hydrogen (secondary N) is 1. The average molecular weight is 333 g/mol. The fraction of sp³-hybridized carbons (Fsp3) is 0.615. The van der Waals surface area contributed by atoms with Crippen molar-refractivity contribution < 1.29 is 23.4 Å². The van der Waals surface area contributed by atoms with E-state index in [1.807, 2.05) is 6.92 Å². The Morgan fingerprint density at radius 2 is 2.29 bits per heavy atom. The van der Waals surface area contributed by atoms with Crippen LogP contribution in [0.25, 0.3) is 0 Å². The predicted octanol–water partition coefficient (Wildman–Crippen LogP) is 1.67. The highest BCUT2D eigenvalue weighted by atomic mass is 32.2. The van der Waals surface area contributed by atoms with Crippen molar-refractivity contribution in [2.45, 2.75) is 43.0 Å². The molecule has 0 amide bonds. The third-order valence-corrected chi connectivity index (χ3v) is 6.47. The molecule has 1 heterocycles. The van der Waals surface area contributed by atoms with Gasteiger partial charge >= 0.3 is 5.97 Å². The summed E-state index contributed by atoms with van der Waals surface area (Å²) in [4.78, 5) is 10.8. The minimum absolute atomic E-state index is 0.0227. The van der Waals surface area contributed by atoms with E-state index < -0.39 is 21.5 Å². The van der Waals surface area contributed by atoms with Crippen LogP contribution < -0.4 is 4.72 Å². The number of sulfonamides is 1. The summed E-state index contributed by atoms with van der Waals surface area (Å²) in [7, 11) is -3.83. The van der Waals surface area contributed by atoms with Gasteiger partial charge in [-0.25, -0.2) is 17.9 Å². The average Bonchev–Trinajstić information content (AvgIpc) is 2.88. The first-order chi connectivity index (χ1) is 9.78. The smallest absolute Gasteiger partial charge is 0.345 e. The molecule has 0 aromatic carbocycles. The number of hydrogen-bond donors (Lipinski definition) is 3. The van der Waals surface area contributed by atoms with Crippen LogP contribution in [0.1, 0.15) is 42.3 Å². The molecule has 3 N–H and O–H groups in total. The first-order valence-electron chi connectivity index (χ1n) is 6.75. The van der Waals surface area contributed by atoms with Crippen molar-refractivity contribution in [3.05, 3.63) is 16.3 Å². The van der Waals surface area contributed by atoms with Crippen LogP contribution in [0.2, 0.25) is 0 Å². The van der Waals surface area contributed by atoms with Gasteiger partial charge in [0.15, 0.2) is 0 Å². The van der Waals surface area contributed by atoms with Crippen LogP contribution in [0.5, 0.6) is 0 Å². The monoisotopic (exact) mass is 333 g/mol. The molecule has 0 aliphatic heterocycles. The van der Waals surface area contributed by atoms with E-state index in [1.165, 1.54) is 5.38 Å². The lowest BCUT2D eigenvalue weighted by Crippen LogP contribution is -2.53. The third kappa shape index (κ3) is 3.63. The summed E-state index contributed by atoms with van der Waals surface area (Å²) >= 11 is 0.872. The number of carbonyl (C=O) groups is 1. The van der Waals surface area contributed by atoms with Gasteiger partial charge in [0.2, 0.25) is 10.0 Å². The van der Waals surface area contributed by atoms with Crippen molar-refractivity contribution in [2.75, 3.05) is 6.61 Å². The molecule has 1 aliphatic rings. The molecule has 2 unspecified atom stereocenters. The number of carboxylic acid groups (broad SMARTS) is 1. The maximum atomic E-state index is 12.4. The SMILES string of the molecule is CC1CCCC(CO)(NS(=O)(=O)c2csc(C(=O)O)c2)C1. The molecule has 0 saturated heterocycles. The van der Waals surface area contributed by atoms with Gasteiger partial charge in [0.05, 0.1) is 17.0 Å². The van der Waals surface area contributed by atoms with Crippen LogP contribution in [0.3, 0.4) is 0 Å². The number of aromatic carboxylic acids is 1. The molecule has 0 spiro atoms. The van der Waals surface area contributed by atoms with E-state index in [0.717, 1.165) is 30.2 Å². The van der Waals surface area contributed by atoms with Gasteiger partial charge in [-0.05, 0) is 24.8 Å². The highest BCUT2D eigenvalue weighted by molar-refractivity contribution is 7.89. The maximum Gasteiger partial charge on any atom is 0.345 e. The number of carboxylic acids is 1. The van der Waals surface area contributed by atoms with Crippen LogP contribution in [0, 0.1) is 5.92 Å². The van der Waals surface area contributed by atoms with Crippen LogP contribution in [-0.2, 0) is 10.0 Å². The number of thiophene rings is 1. The lowest BCUT2D eigenvalue weighted by atomic mass is 9.78. The number of hydrogen-bond acceptors (Lipinski definition) is 5. The second-order valence-corrected chi connectivity index (χ2v) is 8.29. The highest BCUT2D eigenvalue weighted by Crippen LogP contribution is 2.33. The summed E-state index contributed by atoms with van der Waals surface area (Å²) in [5.74, 6) is -0.810. The first-order valence-corrected chi connectivity index (χ1v) is 9.11. The van der Waals surface area contributed by atoms with E-state index in [-0.39, 0.29) is 16.4 Å². The van der Waals surface area contributed by atoms with Crippen molar-refractivity contribution in [2.24, 2.45) is 5.92 Å². The van der Waals surface area contributed by atoms with Gasteiger partial charge in [0.1, 0.15) is 4.88 Å². The standard InChI is InChI=1S/C13H19NO5S2/c1-9-3-2-4-13(6-9,8-15)14-21(18,19)10-5-11(12(16)17)20-7-10/h5,7,9,14-15H,2-4,6,8H2,1H3,(H,16,17). The number of aliphatic hydroxyl groups is 1. The molecule has 0 bridgehead atoms. The predicted molar refractivity (Wildman–Crippen MR) is 79.0 cm³/mol. The summed E-state index contributed by atoms with van der Waals surface area (Å²) in [5, 5.41) is 19.8. The number of rotatable bonds is 5. The van der Waals surface area contributed by atoms with Crippen molar-refractivity contribution in [1.82, 2.24) is 4.72 Å². The Hall–Kier alpha value is -0.960. The molecule has 1 aliphatic carbocycles. The van der Waals surface area contributed by atoms with Gasteiger partial charge in [-0.15, -0.1) is 11.3 Å². The minimum Gasteiger partial charge on any atom is -0.477 e. The Labute approximate surface area is 127 Å². The second-order valence-electron chi connectivity index (χ2n) is 5.70. The van der Waals surface area contributed by atoms with Gasteiger partial charge in [-0.2, -0.15) is 0 Å². The van der Waals surface area contributed by atoms with E-state index in [1.54, 1.807) is 0 Å². The fourth-order valence-corrected chi connectivity index (χ4v) is 5.39. The number of aliphatic hydroxyl groups excluding tert-OH is 1. The highest BCUT2D eigenvalue weighted by Gasteiger charge is 2.38. The lowest BCUT2D eigenvalue weighted by molar-refractivity contribution is 0.0702. The summed E-state index contributed by atoms with van der Waals surface area (Å²) in [6, 6.07) is 1.15. The van der Waals surface area contributed by atoms with Crippen molar-refractivity contribution in [3.63, 3.8) is 0 Å². The molecule has 1 fully saturated rings. The molecule has 1 aromatic heterocycles. The Morgan fingerprint density at radius 3 is 2.81 bits per heavy atom. The molecule has 6 nitrogen and oxygen atoms in total. The third-order valence-electron chi connectivity index (χ3n) is 3.84. The molecule has 21 heavy (non-hydrogen) atoms. The molecule has 2 rings (SSSR count). The van der Waals surface area contributed by atoms with Gasteiger partial charge in [0, 0.05) is 5.38 Å². The summed E-state index contributed by atoms with van der Waals surface area (Å²) in [6.45, 7) is 1.78. The summed E-state index contributed by atoms with van der Waals surface area (Å²) < 4.78 is 27.4. The zero-order chi connectivity index (χ0) is 15.7. The van der Waals surface area contributed by atoms with Gasteiger partial charge < -0.3 is 10.2 Å². The van der Waals surface area contributed by atoms with E-state index in [0.29, 0.717) is 18.8 Å². The quantitative estimate of drug-likeness (QED) is 0.760. The minimum atomic E-state index is -3.83. The van der Waals surface area contributed by atoms with Crippen molar-refractivity contribution >= 4 is 27.3 Å². The van der Waals surface area contributed by atoms with Crippen molar-refractivity contribution in [1.29, 1.82) is 0 Å². The van der Waals surface area contributed by atoms with E-state index in [9.17, 15) is 18.3 Å². The van der Waals surface area contributed by atoms with Gasteiger partial charge in [-0.1, -0.05) is 19.8 Å². The topological polar surface area (TPSA) is 104 Å². The van der Waals surface area contributed by atoms with Crippen LogP contribution >= 0.6 is 11.3 Å². The molecule has 8 heteroatoms. The normalized spacial score (nSPS) is 26.7. The summed E-state index contributed by atoms with van der Waals surface area (Å²) in [5.41, 5.74) is -0.845. The molecular weight excluding hydrogens is 314 g/mol. The fourth-order valence-electron chi connectivity index (χ4n) is 2.84. The molecule has 1 saturated carbocycles. The zero-order valence-corrected chi connectivity index (χ0v) is 13.3. The van der Waals surface area contributed by atoms with Gasteiger partial charge in [-0.3, -0.25) is 0 Å². The lowest BCUT2D eigenvalue weighted by Gasteiger charge is -2.38. The molecule has 0 radical (unpaired) electrons. The molecule has 2 atom stereocenters. The first kappa shape index (κ1) is 16.4. The Morgan fingerprint density at radius 1 is 1.57 bits per heavy atom. The van der Waals surface area contributed by atoms with Crippen molar-refractivity contribution in [3.8, 4) is 0 Å². The van der Waals surface area contributed by atoms with Crippen LogP contribution in [0.15, 0.2) is 16.3 Å². The van der Waals surface area contributed by atoms with Crippen LogP contribution in [-0.4, -0.2) is 36.7 Å².